The molecule has 4 aromatic heterocycles. The van der Waals surface area contributed by atoms with Crippen molar-refractivity contribution in [1.29, 1.82) is 0 Å². The molecule has 8 nitrogen and oxygen atoms in total. The van der Waals surface area contributed by atoms with Gasteiger partial charge in [-0.1, -0.05) is 6.58 Å². The quantitative estimate of drug-likeness (QED) is 0.192. The second-order valence-corrected chi connectivity index (χ2v) is 10.9. The fraction of sp³-hybridized carbons (Fsp3) is 0.310. The Balaban J connectivity index is 1.77. The molecular weight excluding hydrogens is 534 g/mol. The number of halogens is 2. The zero-order chi connectivity index (χ0) is 28.6. The van der Waals surface area contributed by atoms with Gasteiger partial charge >= 0.3 is 0 Å². The van der Waals surface area contributed by atoms with Crippen molar-refractivity contribution in [2.24, 2.45) is 7.05 Å². The van der Waals surface area contributed by atoms with Gasteiger partial charge in [-0.15, -0.1) is 11.3 Å². The van der Waals surface area contributed by atoms with Crippen LogP contribution in [0.4, 0.5) is 8.78 Å². The molecule has 0 aromatic carbocycles. The zero-order valence-electron chi connectivity index (χ0n) is 22.8. The average Bonchev–Trinajstić information content (AvgIpc) is 3.67. The monoisotopic (exact) mass is 564 g/mol. The van der Waals surface area contributed by atoms with Gasteiger partial charge in [0.05, 0.1) is 49.7 Å². The lowest BCUT2D eigenvalue weighted by atomic mass is 9.97. The first-order valence-electron chi connectivity index (χ1n) is 12.9. The number of pyridine rings is 1. The maximum absolute atomic E-state index is 15.6. The van der Waals surface area contributed by atoms with Crippen LogP contribution in [0.3, 0.4) is 0 Å². The van der Waals surface area contributed by atoms with E-state index in [4.69, 9.17) is 14.8 Å². The van der Waals surface area contributed by atoms with Gasteiger partial charge in [-0.05, 0) is 44.4 Å². The lowest BCUT2D eigenvalue weighted by molar-refractivity contribution is -0.129. The van der Waals surface area contributed by atoms with Crippen LogP contribution in [0.1, 0.15) is 32.0 Å². The highest BCUT2D eigenvalue weighted by Crippen LogP contribution is 2.42. The van der Waals surface area contributed by atoms with Gasteiger partial charge in [0.2, 0.25) is 5.91 Å². The molecule has 5 rings (SSSR count). The second-order valence-electron chi connectivity index (χ2n) is 9.95. The van der Waals surface area contributed by atoms with Crippen LogP contribution in [-0.2, 0) is 29.7 Å². The first kappa shape index (κ1) is 27.6. The van der Waals surface area contributed by atoms with E-state index in [0.29, 0.717) is 35.7 Å². The number of rotatable bonds is 8. The van der Waals surface area contributed by atoms with Crippen molar-refractivity contribution in [3.05, 3.63) is 72.1 Å². The Morgan fingerprint density at radius 2 is 2.15 bits per heavy atom. The largest absolute Gasteiger partial charge is 0.374 e. The summed E-state index contributed by atoms with van der Waals surface area (Å²) >= 11 is 1.44. The van der Waals surface area contributed by atoms with E-state index in [-0.39, 0.29) is 36.6 Å². The maximum atomic E-state index is 15.6. The van der Waals surface area contributed by atoms with Crippen LogP contribution in [0.5, 0.6) is 0 Å². The molecular formula is C29H30F2N6O2S. The summed E-state index contributed by atoms with van der Waals surface area (Å²) in [6.45, 7) is 10.0. The van der Waals surface area contributed by atoms with Gasteiger partial charge in [-0.2, -0.15) is 10.2 Å². The highest BCUT2D eigenvalue weighted by Gasteiger charge is 2.30. The minimum absolute atomic E-state index is 0.0893. The predicted molar refractivity (Wildman–Crippen MR) is 153 cm³/mol. The average molecular weight is 565 g/mol. The normalized spacial score (nSPS) is 16.2. The summed E-state index contributed by atoms with van der Waals surface area (Å²) in [6, 6.07) is 3.72. The minimum atomic E-state index is -0.754. The van der Waals surface area contributed by atoms with E-state index in [1.807, 2.05) is 56.2 Å². The van der Waals surface area contributed by atoms with Crippen molar-refractivity contribution in [3.8, 4) is 22.6 Å². The zero-order valence-corrected chi connectivity index (χ0v) is 23.6. The molecule has 0 saturated heterocycles. The molecule has 0 fully saturated rings. The van der Waals surface area contributed by atoms with Crippen molar-refractivity contribution < 1.29 is 18.3 Å². The highest BCUT2D eigenvalue weighted by molar-refractivity contribution is 7.17. The van der Waals surface area contributed by atoms with Crippen LogP contribution in [-0.4, -0.2) is 54.1 Å². The van der Waals surface area contributed by atoms with Gasteiger partial charge in [0, 0.05) is 52.1 Å². The van der Waals surface area contributed by atoms with E-state index >= 15 is 4.39 Å². The van der Waals surface area contributed by atoms with Crippen molar-refractivity contribution in [3.63, 3.8) is 0 Å². The standard InChI is InChI=1S/C29H30F2N6O2S/c1-6-25(38)36-15-20-11-24(34-37(20)13-18(36)4)28-26(22(16-39-17(2)3)23(31)7-9-30)29-21(8-10-40-29)27(33-28)19-12-32-35(5)14-19/h6-12,14,17-18H,1,13,15-16H2,2-5H3/b9-7+,23-22?/t18-/m1/s1. The summed E-state index contributed by atoms with van der Waals surface area (Å²) in [4.78, 5) is 19.2. The fourth-order valence-corrected chi connectivity index (χ4v) is 5.84. The van der Waals surface area contributed by atoms with E-state index < -0.39 is 5.83 Å². The SMILES string of the molecule is C=CC(=O)N1Cc2cc(-c3nc(-c4cnn(C)c4)c4ccsc4c3C(COC(C)C)=C(F)/C=C/F)nn2C[C@H]1C. The van der Waals surface area contributed by atoms with Crippen molar-refractivity contribution >= 4 is 32.9 Å². The third-order valence-corrected chi connectivity index (χ3v) is 7.74. The number of nitrogens with zero attached hydrogens (tertiary/aromatic N) is 6. The van der Waals surface area contributed by atoms with Crippen LogP contribution in [0, 0.1) is 0 Å². The summed E-state index contributed by atoms with van der Waals surface area (Å²) in [6.07, 6.45) is 5.68. The molecule has 0 spiro atoms. The first-order valence-corrected chi connectivity index (χ1v) is 13.8. The molecule has 0 N–H and O–H groups in total. The van der Waals surface area contributed by atoms with Crippen LogP contribution in [0.25, 0.3) is 38.3 Å². The van der Waals surface area contributed by atoms with E-state index in [1.54, 1.807) is 15.8 Å². The Kier molecular flexibility index (Phi) is 7.77. The molecule has 1 atom stereocenters. The predicted octanol–water partition coefficient (Wildman–Crippen LogP) is 6.07. The summed E-state index contributed by atoms with van der Waals surface area (Å²) in [5, 5.41) is 11.9. The van der Waals surface area contributed by atoms with E-state index in [2.05, 4.69) is 11.7 Å². The molecule has 4 aromatic rings. The summed E-state index contributed by atoms with van der Waals surface area (Å²) in [5.41, 5.74) is 3.93. The number of fused-ring (bicyclic) bond motifs is 2. The molecule has 0 aliphatic carbocycles. The fourth-order valence-electron chi connectivity index (χ4n) is 4.87. The van der Waals surface area contributed by atoms with E-state index in [0.717, 1.165) is 27.4 Å². The molecule has 0 unspecified atom stereocenters. The molecule has 5 heterocycles. The number of ether oxygens (including phenoxy) is 1. The Hall–Kier alpha value is -3.96. The molecule has 1 aliphatic rings. The number of thiophene rings is 1. The molecule has 0 radical (unpaired) electrons. The van der Waals surface area contributed by atoms with Crippen LogP contribution in [0.2, 0.25) is 0 Å². The lowest BCUT2D eigenvalue weighted by Gasteiger charge is -2.33. The Bertz CT molecular complexity index is 1650. The van der Waals surface area contributed by atoms with Crippen LogP contribution in [0.15, 0.2) is 60.8 Å². The number of hydrogen-bond donors (Lipinski definition) is 0. The van der Waals surface area contributed by atoms with Crippen LogP contribution >= 0.6 is 11.3 Å². The number of carbonyl (C=O) groups excluding carboxylic acids is 1. The van der Waals surface area contributed by atoms with Gasteiger partial charge in [-0.3, -0.25) is 14.2 Å². The first-order chi connectivity index (χ1) is 19.2. The molecule has 208 valence electrons. The van der Waals surface area contributed by atoms with Gasteiger partial charge in [-0.25, -0.2) is 13.8 Å². The van der Waals surface area contributed by atoms with Crippen molar-refractivity contribution in [1.82, 2.24) is 29.4 Å². The van der Waals surface area contributed by atoms with E-state index in [9.17, 15) is 9.18 Å². The van der Waals surface area contributed by atoms with E-state index in [1.165, 1.54) is 17.4 Å². The number of hydrogen-bond acceptors (Lipinski definition) is 6. The highest BCUT2D eigenvalue weighted by atomic mass is 32.1. The summed E-state index contributed by atoms with van der Waals surface area (Å²) < 4.78 is 39.0. The topological polar surface area (TPSA) is 78.1 Å². The molecule has 0 saturated carbocycles. The Morgan fingerprint density at radius 3 is 2.83 bits per heavy atom. The summed E-state index contributed by atoms with van der Waals surface area (Å²) in [5.74, 6) is -0.911. The van der Waals surface area contributed by atoms with Crippen molar-refractivity contribution in [2.75, 3.05) is 6.61 Å². The molecule has 11 heteroatoms. The number of carbonyl (C=O) groups is 1. The van der Waals surface area contributed by atoms with Gasteiger partial charge in [0.15, 0.2) is 0 Å². The van der Waals surface area contributed by atoms with Gasteiger partial charge in [0.25, 0.3) is 0 Å². The summed E-state index contributed by atoms with van der Waals surface area (Å²) in [7, 11) is 1.83. The van der Waals surface area contributed by atoms with Gasteiger partial charge in [0.1, 0.15) is 17.2 Å². The second kappa shape index (κ2) is 11.3. The Labute approximate surface area is 234 Å². The molecule has 1 amide bonds. The number of aryl methyl sites for hydroxylation is 1. The number of aromatic nitrogens is 5. The smallest absolute Gasteiger partial charge is 0.246 e. The third kappa shape index (κ3) is 5.14. The van der Waals surface area contributed by atoms with Crippen LogP contribution < -0.4 is 0 Å². The third-order valence-electron chi connectivity index (χ3n) is 6.81. The number of amides is 1. The lowest BCUT2D eigenvalue weighted by Crippen LogP contribution is -2.44. The molecule has 0 bridgehead atoms. The maximum Gasteiger partial charge on any atom is 0.246 e. The van der Waals surface area contributed by atoms with Gasteiger partial charge < -0.3 is 9.64 Å². The molecule has 1 aliphatic heterocycles. The number of allylic oxidation sites excluding steroid dienone is 2. The molecule has 40 heavy (non-hydrogen) atoms. The van der Waals surface area contributed by atoms with Crippen molar-refractivity contribution in [2.45, 2.75) is 46.0 Å². The minimum Gasteiger partial charge on any atom is -0.374 e. The Morgan fingerprint density at radius 1 is 1.35 bits per heavy atom.